The van der Waals surface area contributed by atoms with Crippen molar-refractivity contribution in [2.75, 3.05) is 18.4 Å². The van der Waals surface area contributed by atoms with Crippen molar-refractivity contribution in [3.63, 3.8) is 0 Å². The molecule has 0 saturated carbocycles. The van der Waals surface area contributed by atoms with Gasteiger partial charge in [0.15, 0.2) is 0 Å². The number of carboxylic acids is 1. The second-order valence-electron chi connectivity index (χ2n) is 6.58. The van der Waals surface area contributed by atoms with E-state index in [1.165, 1.54) is 0 Å². The van der Waals surface area contributed by atoms with E-state index in [1.807, 2.05) is 32.9 Å². The smallest absolute Gasteiger partial charge is 0.321 e. The molecule has 2 N–H and O–H groups in total. The van der Waals surface area contributed by atoms with E-state index in [2.05, 4.69) is 5.32 Å². The first-order chi connectivity index (χ1) is 11.4. The number of anilines is 1. The number of hydrogen-bond acceptors (Lipinski definition) is 3. The highest BCUT2D eigenvalue weighted by atomic mass is 16.5. The number of amides is 2. The summed E-state index contributed by atoms with van der Waals surface area (Å²) >= 11 is 0. The van der Waals surface area contributed by atoms with E-state index in [4.69, 9.17) is 4.74 Å². The summed E-state index contributed by atoms with van der Waals surface area (Å²) in [6, 6.07) is 6.99. The number of ether oxygens (including phenoxy) is 1. The average Bonchev–Trinajstić information content (AvgIpc) is 2.54. The molecular weight excluding hydrogens is 308 g/mol. The Morgan fingerprint density at radius 1 is 1.42 bits per heavy atom. The lowest BCUT2D eigenvalue weighted by atomic mass is 9.91. The van der Waals surface area contributed by atoms with Gasteiger partial charge in [-0.3, -0.25) is 4.79 Å². The largest absolute Gasteiger partial charge is 0.491 e. The van der Waals surface area contributed by atoms with Gasteiger partial charge < -0.3 is 20.1 Å². The summed E-state index contributed by atoms with van der Waals surface area (Å²) in [7, 11) is 0. The number of carbonyl (C=O) groups is 2. The van der Waals surface area contributed by atoms with E-state index >= 15 is 0 Å². The van der Waals surface area contributed by atoms with Crippen LogP contribution in [0.15, 0.2) is 24.3 Å². The van der Waals surface area contributed by atoms with Crippen LogP contribution in [0.5, 0.6) is 5.75 Å². The van der Waals surface area contributed by atoms with Crippen LogP contribution < -0.4 is 10.1 Å². The highest BCUT2D eigenvalue weighted by Gasteiger charge is 2.31. The van der Waals surface area contributed by atoms with E-state index in [0.29, 0.717) is 24.4 Å². The Morgan fingerprint density at radius 2 is 2.17 bits per heavy atom. The van der Waals surface area contributed by atoms with Crippen LogP contribution in [-0.2, 0) is 4.79 Å². The lowest BCUT2D eigenvalue weighted by Crippen LogP contribution is -2.47. The summed E-state index contributed by atoms with van der Waals surface area (Å²) in [4.78, 5) is 25.3. The number of likely N-dealkylation sites (tertiary alicyclic amines) is 1. The molecule has 0 spiro atoms. The molecule has 1 aliphatic rings. The number of carbonyl (C=O) groups excluding carboxylic acids is 1. The first-order valence-electron chi connectivity index (χ1n) is 8.44. The maximum absolute atomic E-state index is 12.5. The number of nitrogens with one attached hydrogen (secondary N) is 1. The molecule has 0 aliphatic carbocycles. The minimum Gasteiger partial charge on any atom is -0.491 e. The van der Waals surface area contributed by atoms with Crippen molar-refractivity contribution in [3.8, 4) is 5.75 Å². The van der Waals surface area contributed by atoms with Gasteiger partial charge in [0.1, 0.15) is 5.75 Å². The summed E-state index contributed by atoms with van der Waals surface area (Å²) in [6.07, 6.45) is 1.62. The average molecular weight is 334 g/mol. The first-order valence-corrected chi connectivity index (χ1v) is 8.44. The predicted octanol–water partition coefficient (Wildman–Crippen LogP) is 3.44. The Labute approximate surface area is 142 Å². The fourth-order valence-electron chi connectivity index (χ4n) is 2.86. The summed E-state index contributed by atoms with van der Waals surface area (Å²) in [6.45, 7) is 6.82. The van der Waals surface area contributed by atoms with Crippen LogP contribution in [0.3, 0.4) is 0 Å². The first kappa shape index (κ1) is 18.1. The molecule has 0 aromatic heterocycles. The molecule has 6 heteroatoms. The molecule has 1 heterocycles. The van der Waals surface area contributed by atoms with Crippen molar-refractivity contribution in [1.82, 2.24) is 4.90 Å². The highest BCUT2D eigenvalue weighted by molar-refractivity contribution is 5.90. The molecule has 2 rings (SSSR count). The molecule has 6 nitrogen and oxygen atoms in total. The molecule has 2 amide bonds. The van der Waals surface area contributed by atoms with Gasteiger partial charge >= 0.3 is 12.0 Å². The lowest BCUT2D eigenvalue weighted by molar-refractivity contribution is -0.143. The zero-order valence-corrected chi connectivity index (χ0v) is 14.5. The van der Waals surface area contributed by atoms with Gasteiger partial charge in [0.2, 0.25) is 0 Å². The fourth-order valence-corrected chi connectivity index (χ4v) is 2.86. The molecule has 3 unspecified atom stereocenters. The molecule has 24 heavy (non-hydrogen) atoms. The number of rotatable bonds is 5. The third kappa shape index (κ3) is 4.88. The maximum atomic E-state index is 12.5. The van der Waals surface area contributed by atoms with E-state index in [-0.39, 0.29) is 24.6 Å². The number of nitrogens with zero attached hydrogens (tertiary/aromatic N) is 1. The van der Waals surface area contributed by atoms with Crippen LogP contribution in [0.4, 0.5) is 10.5 Å². The molecule has 0 bridgehead atoms. The molecule has 1 aromatic rings. The lowest BCUT2D eigenvalue weighted by Gasteiger charge is -2.34. The van der Waals surface area contributed by atoms with Crippen molar-refractivity contribution in [1.29, 1.82) is 0 Å². The van der Waals surface area contributed by atoms with Crippen molar-refractivity contribution in [3.05, 3.63) is 24.3 Å². The highest BCUT2D eigenvalue weighted by Crippen LogP contribution is 2.24. The SMILES string of the molecule is CCC(C)Oc1cccc(NC(=O)N2CC(C)CC(C(=O)O)C2)c1. The van der Waals surface area contributed by atoms with Gasteiger partial charge in [-0.1, -0.05) is 19.9 Å². The van der Waals surface area contributed by atoms with E-state index in [9.17, 15) is 14.7 Å². The van der Waals surface area contributed by atoms with Gasteiger partial charge in [-0.05, 0) is 37.8 Å². The zero-order chi connectivity index (χ0) is 17.7. The number of carboxylic acid groups (broad SMARTS) is 1. The van der Waals surface area contributed by atoms with Gasteiger partial charge in [-0.15, -0.1) is 0 Å². The standard InChI is InChI=1S/C18H26N2O4/c1-4-13(3)24-16-7-5-6-15(9-16)19-18(23)20-10-12(2)8-14(11-20)17(21)22/h5-7,9,12-14H,4,8,10-11H2,1-3H3,(H,19,23)(H,21,22). The van der Waals surface area contributed by atoms with Crippen LogP contribution in [-0.4, -0.2) is 41.2 Å². The van der Waals surface area contributed by atoms with Crippen LogP contribution in [0, 0.1) is 11.8 Å². The molecule has 132 valence electrons. The van der Waals surface area contributed by atoms with Crippen LogP contribution >= 0.6 is 0 Å². The minimum atomic E-state index is -0.844. The van der Waals surface area contributed by atoms with E-state index in [0.717, 1.165) is 6.42 Å². The quantitative estimate of drug-likeness (QED) is 0.864. The second kappa shape index (κ2) is 8.04. The Hall–Kier alpha value is -2.24. The fraction of sp³-hybridized carbons (Fsp3) is 0.556. The molecular formula is C18H26N2O4. The number of benzene rings is 1. The van der Waals surface area contributed by atoms with Gasteiger partial charge in [0.05, 0.1) is 12.0 Å². The Morgan fingerprint density at radius 3 is 2.83 bits per heavy atom. The predicted molar refractivity (Wildman–Crippen MR) is 92.3 cm³/mol. The normalized spacial score (nSPS) is 21.9. The maximum Gasteiger partial charge on any atom is 0.321 e. The van der Waals surface area contributed by atoms with Crippen molar-refractivity contribution in [2.45, 2.75) is 39.7 Å². The Kier molecular flexibility index (Phi) is 6.06. The Balaban J connectivity index is 2.01. The van der Waals surface area contributed by atoms with E-state index < -0.39 is 11.9 Å². The van der Waals surface area contributed by atoms with Gasteiger partial charge in [0.25, 0.3) is 0 Å². The summed E-state index contributed by atoms with van der Waals surface area (Å²) in [5.74, 6) is -0.467. The van der Waals surface area contributed by atoms with Crippen molar-refractivity contribution >= 4 is 17.7 Å². The van der Waals surface area contributed by atoms with Gasteiger partial charge in [-0.25, -0.2) is 4.79 Å². The molecule has 1 aliphatic heterocycles. The van der Waals surface area contributed by atoms with Crippen molar-refractivity contribution < 1.29 is 19.4 Å². The Bertz CT molecular complexity index is 590. The third-order valence-electron chi connectivity index (χ3n) is 4.29. The van der Waals surface area contributed by atoms with Crippen LogP contribution in [0.25, 0.3) is 0 Å². The number of urea groups is 1. The molecule has 1 fully saturated rings. The second-order valence-corrected chi connectivity index (χ2v) is 6.58. The zero-order valence-electron chi connectivity index (χ0n) is 14.5. The monoisotopic (exact) mass is 334 g/mol. The van der Waals surface area contributed by atoms with Crippen molar-refractivity contribution in [2.24, 2.45) is 11.8 Å². The van der Waals surface area contributed by atoms with Crippen LogP contribution in [0.1, 0.15) is 33.6 Å². The molecule has 1 saturated heterocycles. The van der Waals surface area contributed by atoms with Crippen LogP contribution in [0.2, 0.25) is 0 Å². The molecule has 0 radical (unpaired) electrons. The molecule has 1 aromatic carbocycles. The number of hydrogen-bond donors (Lipinski definition) is 2. The summed E-state index contributed by atoms with van der Waals surface area (Å²) in [5, 5.41) is 12.1. The van der Waals surface area contributed by atoms with Gasteiger partial charge in [0, 0.05) is 24.8 Å². The summed E-state index contributed by atoms with van der Waals surface area (Å²) in [5.41, 5.74) is 0.644. The summed E-state index contributed by atoms with van der Waals surface area (Å²) < 4.78 is 5.75. The van der Waals surface area contributed by atoms with Gasteiger partial charge in [-0.2, -0.15) is 0 Å². The number of piperidine rings is 1. The molecule has 3 atom stereocenters. The topological polar surface area (TPSA) is 78.9 Å². The van der Waals surface area contributed by atoms with E-state index in [1.54, 1.807) is 17.0 Å². The third-order valence-corrected chi connectivity index (χ3v) is 4.29. The minimum absolute atomic E-state index is 0.107. The number of aliphatic carboxylic acids is 1.